The molecule has 0 bridgehead atoms. The van der Waals surface area contributed by atoms with Gasteiger partial charge in [0.25, 0.3) is 10.0 Å². The van der Waals surface area contributed by atoms with Crippen LogP contribution in [0.3, 0.4) is 0 Å². The minimum absolute atomic E-state index is 0.0448. The molecule has 0 aliphatic rings. The minimum atomic E-state index is -4.00. The molecule has 0 aliphatic carbocycles. The van der Waals surface area contributed by atoms with Crippen molar-refractivity contribution in [2.75, 3.05) is 0 Å². The fourth-order valence-corrected chi connectivity index (χ4v) is 2.73. The molecule has 18 heavy (non-hydrogen) atoms. The number of hydrogen-bond acceptors (Lipinski definition) is 4. The molecule has 1 N–H and O–H groups in total. The topological polar surface area (TPSA) is 81.1 Å². The summed E-state index contributed by atoms with van der Waals surface area (Å²) in [4.78, 5) is 15.1. The zero-order valence-corrected chi connectivity index (χ0v) is 10.5. The van der Waals surface area contributed by atoms with Gasteiger partial charge in [-0.15, -0.1) is 0 Å². The number of sulfonamides is 1. The second-order valence-electron chi connectivity index (χ2n) is 3.31. The van der Waals surface area contributed by atoms with Gasteiger partial charge in [0, 0.05) is 12.4 Å². The van der Waals surface area contributed by atoms with Gasteiger partial charge in [-0.25, -0.2) is 22.9 Å². The fraction of sp³-hybridized carbons (Fsp3) is 0. The number of rotatable bonds is 2. The largest absolute Gasteiger partial charge is 0.340 e. The Morgan fingerprint density at radius 3 is 2.67 bits per heavy atom. The zero-order chi connectivity index (χ0) is 13.2. The standard InChI is InChI=1S/C10H8ClN3O3S/c11-8-3-1-2-4-9(8)18(16,17)13-10(15)14-6-5-12-7-14/h1-7H,(H,13,15). The van der Waals surface area contributed by atoms with Crippen LogP contribution in [0, 0.1) is 0 Å². The average Bonchev–Trinajstić information content (AvgIpc) is 2.82. The molecule has 6 nitrogen and oxygen atoms in total. The molecule has 1 heterocycles. The molecule has 94 valence electrons. The molecule has 0 aliphatic heterocycles. The highest BCUT2D eigenvalue weighted by Crippen LogP contribution is 2.20. The van der Waals surface area contributed by atoms with Gasteiger partial charge in [-0.3, -0.25) is 4.57 Å². The van der Waals surface area contributed by atoms with Crippen LogP contribution in [0.25, 0.3) is 0 Å². The number of amides is 1. The Hall–Kier alpha value is -1.86. The maximum Gasteiger partial charge on any atom is 0.340 e. The first kappa shape index (κ1) is 12.6. The summed E-state index contributed by atoms with van der Waals surface area (Å²) in [6, 6.07) is 5.03. The lowest BCUT2D eigenvalue weighted by molar-refractivity contribution is 0.247. The molecule has 1 aromatic carbocycles. The van der Waals surface area contributed by atoms with Crippen molar-refractivity contribution < 1.29 is 13.2 Å². The number of imidazole rings is 1. The summed E-state index contributed by atoms with van der Waals surface area (Å²) in [7, 11) is -4.00. The van der Waals surface area contributed by atoms with Crippen molar-refractivity contribution in [3.8, 4) is 0 Å². The summed E-state index contributed by atoms with van der Waals surface area (Å²) in [6.45, 7) is 0. The van der Waals surface area contributed by atoms with Crippen molar-refractivity contribution >= 4 is 27.7 Å². The second-order valence-corrected chi connectivity index (χ2v) is 5.37. The minimum Gasteiger partial charge on any atom is -0.257 e. The van der Waals surface area contributed by atoms with E-state index < -0.39 is 16.1 Å². The van der Waals surface area contributed by atoms with E-state index in [1.54, 1.807) is 6.07 Å². The fourth-order valence-electron chi connectivity index (χ4n) is 1.26. The van der Waals surface area contributed by atoms with Crippen LogP contribution in [0.15, 0.2) is 47.9 Å². The molecule has 0 radical (unpaired) electrons. The number of aromatic nitrogens is 2. The van der Waals surface area contributed by atoms with E-state index in [0.29, 0.717) is 0 Å². The molecule has 0 saturated heterocycles. The lowest BCUT2D eigenvalue weighted by Gasteiger charge is -2.07. The molecular formula is C10H8ClN3O3S. The van der Waals surface area contributed by atoms with Gasteiger partial charge in [-0.05, 0) is 12.1 Å². The molecule has 0 spiro atoms. The molecule has 1 amide bonds. The highest BCUT2D eigenvalue weighted by molar-refractivity contribution is 7.90. The van der Waals surface area contributed by atoms with Crippen LogP contribution in [-0.4, -0.2) is 24.0 Å². The predicted octanol–water partition coefficient (Wildman–Crippen LogP) is 1.48. The molecule has 0 atom stereocenters. The third-order valence-electron chi connectivity index (χ3n) is 2.09. The van der Waals surface area contributed by atoms with Crippen molar-refractivity contribution in [1.82, 2.24) is 14.3 Å². The van der Waals surface area contributed by atoms with E-state index in [4.69, 9.17) is 11.6 Å². The van der Waals surface area contributed by atoms with Gasteiger partial charge in [-0.1, -0.05) is 23.7 Å². The van der Waals surface area contributed by atoms with Crippen molar-refractivity contribution in [1.29, 1.82) is 0 Å². The molecule has 2 rings (SSSR count). The summed E-state index contributed by atoms with van der Waals surface area (Å²) in [5, 5.41) is 0.0448. The third-order valence-corrected chi connectivity index (χ3v) is 3.91. The highest BCUT2D eigenvalue weighted by Gasteiger charge is 2.20. The van der Waals surface area contributed by atoms with Gasteiger partial charge in [0.15, 0.2) is 0 Å². The summed E-state index contributed by atoms with van der Waals surface area (Å²) in [5.41, 5.74) is 0. The first-order chi connectivity index (χ1) is 8.50. The van der Waals surface area contributed by atoms with Crippen LogP contribution >= 0.6 is 11.6 Å². The lowest BCUT2D eigenvalue weighted by Crippen LogP contribution is -2.33. The van der Waals surface area contributed by atoms with Crippen molar-refractivity contribution in [3.05, 3.63) is 48.0 Å². The molecule has 0 unspecified atom stereocenters. The Labute approximate surface area is 108 Å². The zero-order valence-electron chi connectivity index (χ0n) is 8.95. The molecule has 0 saturated carbocycles. The number of halogens is 1. The van der Waals surface area contributed by atoms with Crippen LogP contribution in [0.5, 0.6) is 0 Å². The van der Waals surface area contributed by atoms with E-state index in [-0.39, 0.29) is 9.92 Å². The van der Waals surface area contributed by atoms with Crippen LogP contribution in [0.1, 0.15) is 0 Å². The predicted molar refractivity (Wildman–Crippen MR) is 64.8 cm³/mol. The van der Waals surface area contributed by atoms with Crippen molar-refractivity contribution in [2.45, 2.75) is 4.90 Å². The summed E-state index contributed by atoms with van der Waals surface area (Å²) in [6.07, 6.45) is 3.89. The normalized spacial score (nSPS) is 11.2. The van der Waals surface area contributed by atoms with Gasteiger partial charge in [-0.2, -0.15) is 0 Å². The lowest BCUT2D eigenvalue weighted by atomic mass is 10.4. The van der Waals surface area contributed by atoms with E-state index in [1.165, 1.54) is 36.9 Å². The van der Waals surface area contributed by atoms with E-state index in [9.17, 15) is 13.2 Å². The van der Waals surface area contributed by atoms with E-state index in [2.05, 4.69) is 4.98 Å². The quantitative estimate of drug-likeness (QED) is 0.906. The maximum absolute atomic E-state index is 11.9. The van der Waals surface area contributed by atoms with Crippen LogP contribution in [0.2, 0.25) is 5.02 Å². The Balaban J connectivity index is 2.29. The van der Waals surface area contributed by atoms with Crippen LogP contribution in [0.4, 0.5) is 4.79 Å². The van der Waals surface area contributed by atoms with Crippen LogP contribution < -0.4 is 4.72 Å². The number of nitrogens with one attached hydrogen (secondary N) is 1. The van der Waals surface area contributed by atoms with E-state index in [0.717, 1.165) is 4.57 Å². The highest BCUT2D eigenvalue weighted by atomic mass is 35.5. The molecule has 0 fully saturated rings. The van der Waals surface area contributed by atoms with Gasteiger partial charge in [0.1, 0.15) is 11.2 Å². The average molecular weight is 286 g/mol. The smallest absolute Gasteiger partial charge is 0.257 e. The Morgan fingerprint density at radius 2 is 2.06 bits per heavy atom. The van der Waals surface area contributed by atoms with Gasteiger partial charge < -0.3 is 0 Å². The molecule has 1 aromatic heterocycles. The number of nitrogens with zero attached hydrogens (tertiary/aromatic N) is 2. The molecular weight excluding hydrogens is 278 g/mol. The number of benzene rings is 1. The van der Waals surface area contributed by atoms with E-state index >= 15 is 0 Å². The number of carbonyl (C=O) groups excluding carboxylic acids is 1. The Morgan fingerprint density at radius 1 is 1.33 bits per heavy atom. The Kier molecular flexibility index (Phi) is 3.35. The van der Waals surface area contributed by atoms with Crippen molar-refractivity contribution in [3.63, 3.8) is 0 Å². The summed E-state index contributed by atoms with van der Waals surface area (Å²) in [5.74, 6) is 0. The Bertz CT molecular complexity index is 667. The van der Waals surface area contributed by atoms with Gasteiger partial charge >= 0.3 is 6.03 Å². The first-order valence-corrected chi connectivity index (χ1v) is 6.66. The van der Waals surface area contributed by atoms with Gasteiger partial charge in [0.05, 0.1) is 5.02 Å². The maximum atomic E-state index is 11.9. The van der Waals surface area contributed by atoms with Crippen molar-refractivity contribution in [2.24, 2.45) is 0 Å². The number of carbonyl (C=O) groups is 1. The summed E-state index contributed by atoms with van der Waals surface area (Å²) < 4.78 is 26.7. The second kappa shape index (κ2) is 4.79. The first-order valence-electron chi connectivity index (χ1n) is 4.80. The SMILES string of the molecule is O=C(NS(=O)(=O)c1ccccc1Cl)n1ccnc1. The van der Waals surface area contributed by atoms with Crippen LogP contribution in [-0.2, 0) is 10.0 Å². The molecule has 2 aromatic rings. The molecule has 8 heteroatoms. The number of hydrogen-bond donors (Lipinski definition) is 1. The van der Waals surface area contributed by atoms with E-state index in [1.807, 2.05) is 4.72 Å². The van der Waals surface area contributed by atoms with Gasteiger partial charge in [0.2, 0.25) is 0 Å². The monoisotopic (exact) mass is 285 g/mol. The third kappa shape index (κ3) is 2.52. The summed E-state index contributed by atoms with van der Waals surface area (Å²) >= 11 is 5.77.